The van der Waals surface area contributed by atoms with Gasteiger partial charge in [0.05, 0.1) is 12.9 Å². The normalized spacial score (nSPS) is 11.3. The van der Waals surface area contributed by atoms with Crippen LogP contribution < -0.4 is 9.46 Å². The number of ether oxygens (including phenoxy) is 1. The first-order chi connectivity index (χ1) is 10.00. The second kappa shape index (κ2) is 6.89. The zero-order valence-electron chi connectivity index (χ0n) is 11.4. The van der Waals surface area contributed by atoms with E-state index in [9.17, 15) is 8.42 Å². The molecule has 1 N–H and O–H groups in total. The number of pyridine rings is 1. The van der Waals surface area contributed by atoms with Crippen molar-refractivity contribution in [1.82, 2.24) is 9.71 Å². The van der Waals surface area contributed by atoms with Crippen LogP contribution in [0.15, 0.2) is 42.6 Å². The van der Waals surface area contributed by atoms with Gasteiger partial charge in [-0.15, -0.1) is 0 Å². The zero-order valence-corrected chi connectivity index (χ0v) is 13.0. The summed E-state index contributed by atoms with van der Waals surface area (Å²) in [6.45, 7) is 0.172. The van der Waals surface area contributed by atoms with Crippen molar-refractivity contribution in [3.8, 4) is 5.88 Å². The molecule has 0 bridgehead atoms. The molecule has 112 valence electrons. The highest BCUT2D eigenvalue weighted by molar-refractivity contribution is 7.88. The van der Waals surface area contributed by atoms with Crippen LogP contribution in [-0.2, 0) is 22.3 Å². The van der Waals surface area contributed by atoms with E-state index in [4.69, 9.17) is 16.3 Å². The Kier molecular flexibility index (Phi) is 5.17. The number of sulfonamides is 1. The van der Waals surface area contributed by atoms with Gasteiger partial charge in [-0.05, 0) is 23.3 Å². The van der Waals surface area contributed by atoms with Crippen molar-refractivity contribution in [2.45, 2.75) is 12.3 Å². The minimum atomic E-state index is -3.47. The van der Waals surface area contributed by atoms with E-state index in [0.717, 1.165) is 5.56 Å². The Morgan fingerprint density at radius 2 is 2.05 bits per heavy atom. The molecule has 5 nitrogen and oxygen atoms in total. The molecule has 21 heavy (non-hydrogen) atoms. The van der Waals surface area contributed by atoms with E-state index in [1.165, 1.54) is 7.11 Å². The third-order valence-electron chi connectivity index (χ3n) is 2.81. The molecule has 0 amide bonds. The van der Waals surface area contributed by atoms with Crippen LogP contribution in [-0.4, -0.2) is 20.5 Å². The van der Waals surface area contributed by atoms with Crippen molar-refractivity contribution >= 4 is 21.6 Å². The lowest BCUT2D eigenvalue weighted by Gasteiger charge is -2.08. The quantitative estimate of drug-likeness (QED) is 0.885. The number of aromatic nitrogens is 1. The van der Waals surface area contributed by atoms with Crippen LogP contribution in [0.4, 0.5) is 0 Å². The SMILES string of the molecule is COc1cc(CNS(=O)(=O)Cc2ccccc2Cl)ccn1. The van der Waals surface area contributed by atoms with Gasteiger partial charge >= 0.3 is 0 Å². The average Bonchev–Trinajstić information content (AvgIpc) is 2.48. The maximum absolute atomic E-state index is 12.1. The van der Waals surface area contributed by atoms with Gasteiger partial charge in [0.2, 0.25) is 15.9 Å². The Morgan fingerprint density at radius 3 is 2.76 bits per heavy atom. The van der Waals surface area contributed by atoms with Crippen molar-refractivity contribution in [3.63, 3.8) is 0 Å². The van der Waals surface area contributed by atoms with Gasteiger partial charge < -0.3 is 4.74 Å². The van der Waals surface area contributed by atoms with E-state index in [0.29, 0.717) is 16.5 Å². The van der Waals surface area contributed by atoms with Gasteiger partial charge in [-0.1, -0.05) is 29.8 Å². The fourth-order valence-electron chi connectivity index (χ4n) is 1.74. The molecule has 0 aliphatic rings. The second-order valence-electron chi connectivity index (χ2n) is 4.38. The van der Waals surface area contributed by atoms with Crippen LogP contribution in [0, 0.1) is 0 Å². The Hall–Kier alpha value is -1.63. The Balaban J connectivity index is 2.03. The number of nitrogens with one attached hydrogen (secondary N) is 1. The number of benzene rings is 1. The van der Waals surface area contributed by atoms with E-state index in [1.54, 1.807) is 42.6 Å². The van der Waals surface area contributed by atoms with Gasteiger partial charge in [-0.25, -0.2) is 18.1 Å². The lowest BCUT2D eigenvalue weighted by Crippen LogP contribution is -2.24. The van der Waals surface area contributed by atoms with Gasteiger partial charge in [0.25, 0.3) is 0 Å². The molecule has 0 aliphatic carbocycles. The van der Waals surface area contributed by atoms with Gasteiger partial charge in [-0.2, -0.15) is 0 Å². The summed E-state index contributed by atoms with van der Waals surface area (Å²) < 4.78 is 31.7. The third-order valence-corrected chi connectivity index (χ3v) is 4.45. The molecule has 1 heterocycles. The standard InChI is InChI=1S/C14H15ClN2O3S/c1-20-14-8-11(6-7-16-14)9-17-21(18,19)10-12-4-2-3-5-13(12)15/h2-8,17H,9-10H2,1H3. The van der Waals surface area contributed by atoms with Crippen molar-refractivity contribution < 1.29 is 13.2 Å². The Labute approximate surface area is 129 Å². The Morgan fingerprint density at radius 1 is 1.29 bits per heavy atom. The van der Waals surface area contributed by atoms with E-state index in [1.807, 2.05) is 0 Å². The molecule has 0 fully saturated rings. The summed E-state index contributed by atoms with van der Waals surface area (Å²) in [6, 6.07) is 10.3. The van der Waals surface area contributed by atoms with Crippen molar-refractivity contribution in [1.29, 1.82) is 0 Å². The molecule has 0 atom stereocenters. The van der Waals surface area contributed by atoms with Gasteiger partial charge in [0.1, 0.15) is 0 Å². The topological polar surface area (TPSA) is 68.3 Å². The molecule has 0 unspecified atom stereocenters. The summed E-state index contributed by atoms with van der Waals surface area (Å²) in [5, 5.41) is 0.438. The highest BCUT2D eigenvalue weighted by Crippen LogP contribution is 2.17. The highest BCUT2D eigenvalue weighted by Gasteiger charge is 2.13. The summed E-state index contributed by atoms with van der Waals surface area (Å²) in [6.07, 6.45) is 1.57. The number of halogens is 1. The molecular weight excluding hydrogens is 312 g/mol. The molecular formula is C14H15ClN2O3S. The number of methoxy groups -OCH3 is 1. The maximum Gasteiger partial charge on any atom is 0.216 e. The van der Waals surface area contributed by atoms with Gasteiger partial charge in [0, 0.05) is 23.8 Å². The van der Waals surface area contributed by atoms with Crippen LogP contribution in [0.1, 0.15) is 11.1 Å². The molecule has 0 spiro atoms. The Bertz CT molecular complexity index is 720. The highest BCUT2D eigenvalue weighted by atomic mass is 35.5. The predicted molar refractivity (Wildman–Crippen MR) is 81.7 cm³/mol. The van der Waals surface area contributed by atoms with Crippen molar-refractivity contribution in [2.75, 3.05) is 7.11 Å². The third kappa shape index (κ3) is 4.70. The summed E-state index contributed by atoms with van der Waals surface area (Å²) >= 11 is 5.97. The van der Waals surface area contributed by atoms with Gasteiger partial charge in [0.15, 0.2) is 0 Å². The molecule has 1 aromatic heterocycles. The monoisotopic (exact) mass is 326 g/mol. The summed E-state index contributed by atoms with van der Waals surface area (Å²) in [5.74, 6) is 0.285. The van der Waals surface area contributed by atoms with E-state index >= 15 is 0 Å². The minimum Gasteiger partial charge on any atom is -0.481 e. The van der Waals surface area contributed by atoms with Crippen LogP contribution in [0.5, 0.6) is 5.88 Å². The number of hydrogen-bond acceptors (Lipinski definition) is 4. The van der Waals surface area contributed by atoms with Crippen LogP contribution in [0.2, 0.25) is 5.02 Å². The molecule has 0 aliphatic heterocycles. The largest absolute Gasteiger partial charge is 0.481 e. The summed E-state index contributed by atoms with van der Waals surface area (Å²) in [5.41, 5.74) is 1.34. The lowest BCUT2D eigenvalue weighted by atomic mass is 10.2. The summed E-state index contributed by atoms with van der Waals surface area (Å²) in [4.78, 5) is 3.96. The number of hydrogen-bond donors (Lipinski definition) is 1. The first-order valence-electron chi connectivity index (χ1n) is 6.20. The van der Waals surface area contributed by atoms with Crippen LogP contribution in [0.3, 0.4) is 0 Å². The number of rotatable bonds is 6. The summed E-state index contributed by atoms with van der Waals surface area (Å²) in [7, 11) is -1.96. The van der Waals surface area contributed by atoms with Crippen molar-refractivity contribution in [2.24, 2.45) is 0 Å². The first-order valence-corrected chi connectivity index (χ1v) is 8.23. The molecule has 7 heteroatoms. The van der Waals surface area contributed by atoms with Gasteiger partial charge in [-0.3, -0.25) is 0 Å². The van der Waals surface area contributed by atoms with E-state index < -0.39 is 10.0 Å². The lowest BCUT2D eigenvalue weighted by molar-refractivity contribution is 0.397. The molecule has 0 saturated carbocycles. The predicted octanol–water partition coefficient (Wildman–Crippen LogP) is 2.36. The van der Waals surface area contributed by atoms with Crippen LogP contribution in [0.25, 0.3) is 0 Å². The number of nitrogens with zero attached hydrogens (tertiary/aromatic N) is 1. The molecule has 2 rings (SSSR count). The maximum atomic E-state index is 12.1. The van der Waals surface area contributed by atoms with E-state index in [2.05, 4.69) is 9.71 Å². The second-order valence-corrected chi connectivity index (χ2v) is 6.59. The van der Waals surface area contributed by atoms with E-state index in [-0.39, 0.29) is 12.3 Å². The zero-order chi connectivity index (χ0) is 15.3. The fraction of sp³-hybridized carbons (Fsp3) is 0.214. The van der Waals surface area contributed by atoms with Crippen LogP contribution >= 0.6 is 11.6 Å². The van der Waals surface area contributed by atoms with Crippen molar-refractivity contribution in [3.05, 3.63) is 58.7 Å². The first kappa shape index (κ1) is 15.8. The smallest absolute Gasteiger partial charge is 0.216 e. The fourth-order valence-corrected chi connectivity index (χ4v) is 3.17. The molecule has 0 saturated heterocycles. The molecule has 2 aromatic rings. The molecule has 1 aromatic carbocycles. The molecule has 0 radical (unpaired) electrons. The average molecular weight is 327 g/mol. The minimum absolute atomic E-state index is 0.158.